The lowest BCUT2D eigenvalue weighted by molar-refractivity contribution is 0.00128. The van der Waals surface area contributed by atoms with Crippen molar-refractivity contribution in [3.8, 4) is 11.3 Å². The Labute approximate surface area is 189 Å². The van der Waals surface area contributed by atoms with Gasteiger partial charge in [-0.1, -0.05) is 42.3 Å². The molecule has 0 spiro atoms. The van der Waals surface area contributed by atoms with E-state index >= 15 is 0 Å². The van der Waals surface area contributed by atoms with Crippen LogP contribution in [0.2, 0.25) is 0 Å². The van der Waals surface area contributed by atoms with Crippen molar-refractivity contribution >= 4 is 5.91 Å². The molecular formula is C27H32N4O. The van der Waals surface area contributed by atoms with Crippen molar-refractivity contribution in [3.63, 3.8) is 0 Å². The monoisotopic (exact) mass is 428 g/mol. The van der Waals surface area contributed by atoms with Crippen molar-refractivity contribution in [2.45, 2.75) is 63.5 Å². The number of benzene rings is 1. The number of hydrogen-bond acceptors (Lipinski definition) is 3. The molecule has 3 aliphatic heterocycles. The minimum atomic E-state index is 0.174. The van der Waals surface area contributed by atoms with Crippen LogP contribution < -0.4 is 0 Å². The van der Waals surface area contributed by atoms with Crippen molar-refractivity contribution in [2.24, 2.45) is 11.8 Å². The molecule has 1 amide bonds. The highest BCUT2D eigenvalue weighted by atomic mass is 16.2. The standard InChI is InChI=1S/C27H32N4O/c32-27(25-22-11-10-17-6-1-2-8-21(17)24(22)28-29-25)31-13-5-7-18-14-19-15-20(26(18)31)16-30-12-4-3-9-23(19)30/h1-2,6,8,14,19-20,23,26H,3-5,7,9-13,15-16H2,(H,28,29)/t19-,20+,23+,26+/m0/s1. The zero-order valence-corrected chi connectivity index (χ0v) is 18.7. The molecule has 0 radical (unpaired) electrons. The van der Waals surface area contributed by atoms with Gasteiger partial charge >= 0.3 is 0 Å². The molecule has 32 heavy (non-hydrogen) atoms. The molecular weight excluding hydrogens is 396 g/mol. The van der Waals surface area contributed by atoms with Crippen LogP contribution in [-0.4, -0.2) is 57.6 Å². The lowest BCUT2D eigenvalue weighted by atomic mass is 9.68. The molecule has 3 saturated heterocycles. The summed E-state index contributed by atoms with van der Waals surface area (Å²) in [4.78, 5) is 18.9. The molecule has 1 aromatic heterocycles. The first-order valence-electron chi connectivity index (χ1n) is 12.7. The fourth-order valence-corrected chi connectivity index (χ4v) is 7.58. The van der Waals surface area contributed by atoms with Crippen molar-refractivity contribution in [1.82, 2.24) is 20.0 Å². The predicted octanol–water partition coefficient (Wildman–Crippen LogP) is 4.21. The average Bonchev–Trinajstić information content (AvgIpc) is 3.28. The van der Waals surface area contributed by atoms with Gasteiger partial charge in [0.05, 0.1) is 11.7 Å². The van der Waals surface area contributed by atoms with Gasteiger partial charge in [0.25, 0.3) is 5.91 Å². The second kappa shape index (κ2) is 7.31. The number of H-pyrrole nitrogens is 1. The molecule has 166 valence electrons. The quantitative estimate of drug-likeness (QED) is 0.693. The van der Waals surface area contributed by atoms with E-state index in [0.717, 1.165) is 48.8 Å². The van der Waals surface area contributed by atoms with Gasteiger partial charge < -0.3 is 4.90 Å². The Hall–Kier alpha value is -2.40. The molecule has 2 aliphatic carbocycles. The highest BCUT2D eigenvalue weighted by Crippen LogP contribution is 2.45. The number of nitrogens with one attached hydrogen (secondary N) is 1. The van der Waals surface area contributed by atoms with Crippen molar-refractivity contribution in [2.75, 3.05) is 19.6 Å². The van der Waals surface area contributed by atoms with E-state index in [2.05, 4.69) is 50.3 Å². The summed E-state index contributed by atoms with van der Waals surface area (Å²) in [7, 11) is 0. The number of rotatable bonds is 1. The van der Waals surface area contributed by atoms with E-state index < -0.39 is 0 Å². The molecule has 7 rings (SSSR count). The first-order chi connectivity index (χ1) is 15.8. The molecule has 1 N–H and O–H groups in total. The number of amides is 1. The van der Waals surface area contributed by atoms with Crippen LogP contribution in [-0.2, 0) is 12.8 Å². The lowest BCUT2D eigenvalue weighted by Gasteiger charge is -2.54. The summed E-state index contributed by atoms with van der Waals surface area (Å²) >= 11 is 0. The Balaban J connectivity index is 1.23. The molecule has 5 nitrogen and oxygen atoms in total. The van der Waals surface area contributed by atoms with Gasteiger partial charge in [0.2, 0.25) is 0 Å². The number of aromatic amines is 1. The predicted molar refractivity (Wildman–Crippen MR) is 124 cm³/mol. The molecule has 3 fully saturated rings. The van der Waals surface area contributed by atoms with E-state index in [9.17, 15) is 4.79 Å². The molecule has 4 heterocycles. The number of carbonyl (C=O) groups excluding carboxylic acids is 1. The first-order valence-corrected chi connectivity index (χ1v) is 12.7. The van der Waals surface area contributed by atoms with Crippen LogP contribution in [0.25, 0.3) is 11.3 Å². The van der Waals surface area contributed by atoms with Crippen LogP contribution in [0.5, 0.6) is 0 Å². The molecule has 0 saturated carbocycles. The second-order valence-corrected chi connectivity index (χ2v) is 10.6. The SMILES string of the molecule is O=C(c1[nH]nc2c1CCc1ccccc1-2)N1CCCC2=C[C@H]3C[C@H](CN4CCCC[C@H]34)[C@@H]21. The van der Waals surface area contributed by atoms with E-state index in [-0.39, 0.29) is 11.9 Å². The van der Waals surface area contributed by atoms with E-state index in [1.807, 2.05) is 0 Å². The molecule has 4 atom stereocenters. The van der Waals surface area contributed by atoms with Gasteiger partial charge in [-0.3, -0.25) is 14.8 Å². The summed E-state index contributed by atoms with van der Waals surface area (Å²) in [6, 6.07) is 9.52. The Bertz CT molecular complexity index is 1100. The fraction of sp³-hybridized carbons (Fsp3) is 0.556. The normalized spacial score (nSPS) is 31.1. The molecule has 5 aliphatic rings. The minimum Gasteiger partial charge on any atom is -0.330 e. The minimum absolute atomic E-state index is 0.174. The maximum Gasteiger partial charge on any atom is 0.272 e. The Morgan fingerprint density at radius 1 is 1.06 bits per heavy atom. The highest BCUT2D eigenvalue weighted by molar-refractivity contribution is 5.96. The molecule has 5 heteroatoms. The number of piperidine rings is 3. The summed E-state index contributed by atoms with van der Waals surface area (Å²) in [5.41, 5.74) is 6.93. The Morgan fingerprint density at radius 2 is 2.00 bits per heavy atom. The summed E-state index contributed by atoms with van der Waals surface area (Å²) in [5.74, 6) is 1.46. The Kier molecular flexibility index (Phi) is 4.36. The number of hydrogen-bond donors (Lipinski definition) is 1. The number of aromatic nitrogens is 2. The van der Waals surface area contributed by atoms with E-state index in [1.165, 1.54) is 56.3 Å². The van der Waals surface area contributed by atoms with E-state index in [4.69, 9.17) is 0 Å². The topological polar surface area (TPSA) is 52.2 Å². The van der Waals surface area contributed by atoms with Crippen LogP contribution in [0.3, 0.4) is 0 Å². The third-order valence-electron chi connectivity index (χ3n) is 8.92. The van der Waals surface area contributed by atoms with Crippen LogP contribution in [0.1, 0.15) is 60.1 Å². The van der Waals surface area contributed by atoms with Crippen molar-refractivity contribution < 1.29 is 4.79 Å². The van der Waals surface area contributed by atoms with Crippen LogP contribution >= 0.6 is 0 Å². The van der Waals surface area contributed by atoms with Gasteiger partial charge in [-0.15, -0.1) is 0 Å². The largest absolute Gasteiger partial charge is 0.330 e. The van der Waals surface area contributed by atoms with E-state index in [1.54, 1.807) is 5.57 Å². The molecule has 2 aromatic rings. The smallest absolute Gasteiger partial charge is 0.272 e. The second-order valence-electron chi connectivity index (χ2n) is 10.6. The average molecular weight is 429 g/mol. The van der Waals surface area contributed by atoms with Gasteiger partial charge in [0.15, 0.2) is 0 Å². The summed E-state index contributed by atoms with van der Waals surface area (Å²) in [5, 5.41) is 7.82. The van der Waals surface area contributed by atoms with Gasteiger partial charge in [0.1, 0.15) is 5.69 Å². The van der Waals surface area contributed by atoms with Crippen molar-refractivity contribution in [1.29, 1.82) is 0 Å². The van der Waals surface area contributed by atoms with Crippen LogP contribution in [0, 0.1) is 11.8 Å². The number of carbonyl (C=O) groups is 1. The van der Waals surface area contributed by atoms with Crippen LogP contribution in [0.4, 0.5) is 0 Å². The molecule has 2 bridgehead atoms. The zero-order valence-electron chi connectivity index (χ0n) is 18.7. The maximum absolute atomic E-state index is 14.0. The summed E-state index contributed by atoms with van der Waals surface area (Å²) in [6.45, 7) is 3.28. The van der Waals surface area contributed by atoms with Gasteiger partial charge in [-0.05, 0) is 68.9 Å². The third kappa shape index (κ3) is 2.79. The lowest BCUT2D eigenvalue weighted by Crippen LogP contribution is -2.60. The van der Waals surface area contributed by atoms with Crippen molar-refractivity contribution in [3.05, 3.63) is 52.7 Å². The molecule has 1 aromatic carbocycles. The highest BCUT2D eigenvalue weighted by Gasteiger charge is 2.47. The van der Waals surface area contributed by atoms with E-state index in [0.29, 0.717) is 11.8 Å². The number of fused-ring (bicyclic) bond motifs is 9. The zero-order chi connectivity index (χ0) is 21.2. The summed E-state index contributed by atoms with van der Waals surface area (Å²) in [6.07, 6.45) is 12.1. The first kappa shape index (κ1) is 19.1. The number of likely N-dealkylation sites (tertiary alicyclic amines) is 1. The molecule has 0 unspecified atom stereocenters. The maximum atomic E-state index is 14.0. The number of nitrogens with zero attached hydrogens (tertiary/aromatic N) is 3. The van der Waals surface area contributed by atoms with Gasteiger partial charge in [-0.25, -0.2) is 0 Å². The Morgan fingerprint density at radius 3 is 2.97 bits per heavy atom. The van der Waals surface area contributed by atoms with Gasteiger partial charge in [0, 0.05) is 30.3 Å². The third-order valence-corrected chi connectivity index (χ3v) is 8.92. The van der Waals surface area contributed by atoms with Gasteiger partial charge in [-0.2, -0.15) is 5.10 Å². The fourth-order valence-electron chi connectivity index (χ4n) is 7.58. The summed E-state index contributed by atoms with van der Waals surface area (Å²) < 4.78 is 0. The number of aryl methyl sites for hydroxylation is 1. The van der Waals surface area contributed by atoms with Crippen LogP contribution in [0.15, 0.2) is 35.9 Å².